The molecule has 0 saturated carbocycles. The number of H-pyrrole nitrogens is 1. The van der Waals surface area contributed by atoms with Crippen molar-refractivity contribution in [3.63, 3.8) is 0 Å². The number of benzene rings is 2. The third-order valence-corrected chi connectivity index (χ3v) is 3.87. The fourth-order valence-corrected chi connectivity index (χ4v) is 2.65. The van der Waals surface area contributed by atoms with E-state index < -0.39 is 5.97 Å². The lowest BCUT2D eigenvalue weighted by atomic mass is 9.98. The molecule has 0 saturated heterocycles. The van der Waals surface area contributed by atoms with Gasteiger partial charge in [0.25, 0.3) is 0 Å². The molecule has 23 heavy (non-hydrogen) atoms. The molecule has 0 radical (unpaired) electrons. The van der Waals surface area contributed by atoms with Gasteiger partial charge in [0.1, 0.15) is 0 Å². The van der Waals surface area contributed by atoms with Gasteiger partial charge in [-0.25, -0.2) is 0 Å². The summed E-state index contributed by atoms with van der Waals surface area (Å²) < 4.78 is 0. The Morgan fingerprint density at radius 3 is 2.70 bits per heavy atom. The van der Waals surface area contributed by atoms with Crippen LogP contribution >= 0.6 is 0 Å². The second kappa shape index (κ2) is 6.48. The van der Waals surface area contributed by atoms with E-state index in [-0.39, 0.29) is 6.42 Å². The van der Waals surface area contributed by atoms with E-state index in [0.29, 0.717) is 0 Å². The summed E-state index contributed by atoms with van der Waals surface area (Å²) in [6, 6.07) is 13.9. The third-order valence-electron chi connectivity index (χ3n) is 3.87. The molecule has 0 aliphatic carbocycles. The topological polar surface area (TPSA) is 66.0 Å². The van der Waals surface area contributed by atoms with Crippen LogP contribution in [-0.2, 0) is 11.2 Å². The molecule has 0 unspecified atom stereocenters. The van der Waals surface area contributed by atoms with E-state index >= 15 is 0 Å². The Labute approximate surface area is 134 Å². The van der Waals surface area contributed by atoms with Crippen molar-refractivity contribution in [3.8, 4) is 0 Å². The van der Waals surface area contributed by atoms with Crippen molar-refractivity contribution in [1.82, 2.24) is 10.2 Å². The van der Waals surface area contributed by atoms with Crippen LogP contribution in [0, 0.1) is 0 Å². The number of carbonyl (C=O) groups is 1. The molecule has 0 atom stereocenters. The van der Waals surface area contributed by atoms with E-state index in [9.17, 15) is 4.79 Å². The minimum atomic E-state index is -0.808. The number of nitrogens with one attached hydrogen (secondary N) is 1. The highest BCUT2D eigenvalue weighted by atomic mass is 16.4. The van der Waals surface area contributed by atoms with Gasteiger partial charge in [-0.2, -0.15) is 5.10 Å². The fourth-order valence-electron chi connectivity index (χ4n) is 2.65. The van der Waals surface area contributed by atoms with E-state index in [1.807, 2.05) is 36.5 Å². The zero-order valence-corrected chi connectivity index (χ0v) is 12.9. The maximum absolute atomic E-state index is 10.8. The number of fused-ring (bicyclic) bond motifs is 1. The molecule has 0 aliphatic heterocycles. The normalized spacial score (nSPS) is 11.8. The van der Waals surface area contributed by atoms with Crippen LogP contribution in [0.15, 0.2) is 48.7 Å². The van der Waals surface area contributed by atoms with E-state index in [1.54, 1.807) is 0 Å². The van der Waals surface area contributed by atoms with Gasteiger partial charge in [-0.15, -0.1) is 0 Å². The molecule has 1 heterocycles. The van der Waals surface area contributed by atoms with Crippen molar-refractivity contribution in [2.45, 2.75) is 19.8 Å². The van der Waals surface area contributed by atoms with Gasteiger partial charge in [0, 0.05) is 5.39 Å². The first kappa shape index (κ1) is 15.0. The molecule has 3 aromatic rings. The summed E-state index contributed by atoms with van der Waals surface area (Å²) >= 11 is 0. The second-order valence-corrected chi connectivity index (χ2v) is 5.51. The van der Waals surface area contributed by atoms with E-state index in [0.717, 1.165) is 34.0 Å². The highest BCUT2D eigenvalue weighted by Gasteiger charge is 2.04. The van der Waals surface area contributed by atoms with Crippen molar-refractivity contribution in [3.05, 3.63) is 65.4 Å². The standard InChI is InChI=1S/C19H18N2O2/c1-2-15(16-6-3-13(4-7-16)11-19(22)23)9-14-5-8-18-17(10-14)12-20-21-18/h3-10,12H,2,11H2,1H3,(H,20,21)(H,22,23)/b15-9+. The monoisotopic (exact) mass is 306 g/mol. The Hall–Kier alpha value is -2.88. The van der Waals surface area contributed by atoms with Crippen LogP contribution in [0.4, 0.5) is 0 Å². The first-order chi connectivity index (χ1) is 11.2. The summed E-state index contributed by atoms with van der Waals surface area (Å²) in [7, 11) is 0. The summed E-state index contributed by atoms with van der Waals surface area (Å²) in [5.41, 5.74) is 5.31. The molecule has 1 aromatic heterocycles. The molecule has 0 fully saturated rings. The Morgan fingerprint density at radius 1 is 1.22 bits per heavy atom. The first-order valence-electron chi connectivity index (χ1n) is 7.60. The number of rotatable bonds is 5. The molecule has 4 nitrogen and oxygen atoms in total. The maximum Gasteiger partial charge on any atom is 0.307 e. The Bertz CT molecular complexity index is 860. The first-order valence-corrected chi connectivity index (χ1v) is 7.60. The largest absolute Gasteiger partial charge is 0.481 e. The van der Waals surface area contributed by atoms with Gasteiger partial charge in [-0.05, 0) is 40.8 Å². The number of hydrogen-bond donors (Lipinski definition) is 2. The Kier molecular flexibility index (Phi) is 4.24. The van der Waals surface area contributed by atoms with Crippen LogP contribution in [0.2, 0.25) is 0 Å². The number of aromatic nitrogens is 2. The van der Waals surface area contributed by atoms with Crippen LogP contribution < -0.4 is 0 Å². The van der Waals surface area contributed by atoms with Crippen LogP contribution in [0.5, 0.6) is 0 Å². The quantitative estimate of drug-likeness (QED) is 0.696. The molecule has 4 heteroatoms. The molecule has 2 aromatic carbocycles. The minimum absolute atomic E-state index is 0.0581. The lowest BCUT2D eigenvalue weighted by Crippen LogP contribution is -1.99. The highest BCUT2D eigenvalue weighted by Crippen LogP contribution is 2.23. The Morgan fingerprint density at radius 2 is 2.00 bits per heavy atom. The van der Waals surface area contributed by atoms with Crippen LogP contribution in [0.25, 0.3) is 22.6 Å². The predicted molar refractivity (Wildman–Crippen MR) is 92.0 cm³/mol. The average Bonchev–Trinajstić information content (AvgIpc) is 3.00. The number of aliphatic carboxylic acids is 1. The summed E-state index contributed by atoms with van der Waals surface area (Å²) in [5.74, 6) is -0.808. The summed E-state index contributed by atoms with van der Waals surface area (Å²) in [6.45, 7) is 2.12. The van der Waals surface area contributed by atoms with E-state index in [1.165, 1.54) is 5.57 Å². The SMILES string of the molecule is CC/C(=C\c1ccc2[nH]ncc2c1)c1ccc(CC(=O)O)cc1. The third kappa shape index (κ3) is 3.48. The molecule has 116 valence electrons. The van der Waals surface area contributed by atoms with Crippen molar-refractivity contribution >= 4 is 28.5 Å². The maximum atomic E-state index is 10.8. The average molecular weight is 306 g/mol. The molecule has 2 N–H and O–H groups in total. The van der Waals surface area contributed by atoms with Gasteiger partial charge in [0.15, 0.2) is 0 Å². The van der Waals surface area contributed by atoms with Gasteiger partial charge < -0.3 is 5.11 Å². The van der Waals surface area contributed by atoms with Gasteiger partial charge in [0.05, 0.1) is 18.1 Å². The van der Waals surface area contributed by atoms with Gasteiger partial charge in [-0.3, -0.25) is 9.89 Å². The lowest BCUT2D eigenvalue weighted by Gasteiger charge is -2.07. The van der Waals surface area contributed by atoms with Crippen molar-refractivity contribution in [2.75, 3.05) is 0 Å². The summed E-state index contributed by atoms with van der Waals surface area (Å²) in [5, 5.41) is 16.9. The summed E-state index contributed by atoms with van der Waals surface area (Å²) in [4.78, 5) is 10.8. The number of carboxylic acid groups (broad SMARTS) is 1. The number of allylic oxidation sites excluding steroid dienone is 1. The van der Waals surface area contributed by atoms with Crippen LogP contribution in [-0.4, -0.2) is 21.3 Å². The molecular formula is C19H18N2O2. The zero-order valence-electron chi connectivity index (χ0n) is 12.9. The van der Waals surface area contributed by atoms with Crippen LogP contribution in [0.1, 0.15) is 30.0 Å². The van der Waals surface area contributed by atoms with Crippen molar-refractivity contribution in [1.29, 1.82) is 0 Å². The molecule has 0 spiro atoms. The zero-order chi connectivity index (χ0) is 16.2. The van der Waals surface area contributed by atoms with Crippen molar-refractivity contribution < 1.29 is 9.90 Å². The fraction of sp³-hybridized carbons (Fsp3) is 0.158. The number of hydrogen-bond acceptors (Lipinski definition) is 2. The smallest absolute Gasteiger partial charge is 0.307 e. The highest BCUT2D eigenvalue weighted by molar-refractivity contribution is 5.86. The van der Waals surface area contributed by atoms with Gasteiger partial charge in [0.2, 0.25) is 0 Å². The van der Waals surface area contributed by atoms with Gasteiger partial charge in [-0.1, -0.05) is 43.3 Å². The number of nitrogens with zero attached hydrogens (tertiary/aromatic N) is 1. The molecular weight excluding hydrogens is 288 g/mol. The molecule has 3 rings (SSSR count). The predicted octanol–water partition coefficient (Wildman–Crippen LogP) is 4.14. The lowest BCUT2D eigenvalue weighted by molar-refractivity contribution is -0.136. The number of carboxylic acids is 1. The molecule has 0 bridgehead atoms. The van der Waals surface area contributed by atoms with E-state index in [2.05, 4.69) is 35.3 Å². The van der Waals surface area contributed by atoms with Gasteiger partial charge >= 0.3 is 5.97 Å². The minimum Gasteiger partial charge on any atom is -0.481 e. The van der Waals surface area contributed by atoms with E-state index in [4.69, 9.17) is 5.11 Å². The van der Waals surface area contributed by atoms with Crippen LogP contribution in [0.3, 0.4) is 0 Å². The number of aromatic amines is 1. The second-order valence-electron chi connectivity index (χ2n) is 5.51. The molecule has 0 amide bonds. The molecule has 0 aliphatic rings. The Balaban J connectivity index is 1.89. The summed E-state index contributed by atoms with van der Waals surface area (Å²) in [6.07, 6.45) is 4.95. The van der Waals surface area contributed by atoms with Crippen molar-refractivity contribution in [2.24, 2.45) is 0 Å².